The van der Waals surface area contributed by atoms with Gasteiger partial charge in [-0.25, -0.2) is 4.98 Å². The molecular weight excluding hydrogens is 536 g/mol. The van der Waals surface area contributed by atoms with E-state index in [0.717, 1.165) is 51.4 Å². The zero-order chi connectivity index (χ0) is 34.2. The van der Waals surface area contributed by atoms with E-state index >= 15 is 0 Å². The summed E-state index contributed by atoms with van der Waals surface area (Å²) in [5, 5.41) is 2.11. The summed E-state index contributed by atoms with van der Waals surface area (Å²) in [6, 6.07) is 16.8. The van der Waals surface area contributed by atoms with E-state index in [1.165, 1.54) is 9.80 Å². The van der Waals surface area contributed by atoms with Crippen LogP contribution in [0.1, 0.15) is 8.22 Å². The highest BCUT2D eigenvalue weighted by atomic mass is 15.4. The van der Waals surface area contributed by atoms with Gasteiger partial charge in [0.1, 0.15) is 11.6 Å². The van der Waals surface area contributed by atoms with Crippen LogP contribution in [0.3, 0.4) is 0 Å². The number of hydrogen-bond acceptors (Lipinski definition) is 9. The first-order chi connectivity index (χ1) is 23.3. The van der Waals surface area contributed by atoms with E-state index in [9.17, 15) is 0 Å². The summed E-state index contributed by atoms with van der Waals surface area (Å²) in [7, 11) is 4.04. The monoisotopic (exact) mass is 578 g/mol. The van der Waals surface area contributed by atoms with Crippen molar-refractivity contribution < 1.29 is 8.22 Å². The number of nitrogens with zero attached hydrogens (tertiary/aromatic N) is 10. The third-order valence-corrected chi connectivity index (χ3v) is 8.24. The molecule has 0 N–H and O–H groups in total. The number of aromatic nitrogens is 2. The number of anilines is 4. The van der Waals surface area contributed by atoms with Gasteiger partial charge >= 0.3 is 0 Å². The Morgan fingerprint density at radius 1 is 0.512 bits per heavy atom. The fourth-order valence-electron chi connectivity index (χ4n) is 6.07. The molecule has 4 aliphatic rings. The molecule has 0 fully saturated rings. The lowest BCUT2D eigenvalue weighted by atomic mass is 10.1. The van der Waals surface area contributed by atoms with Crippen molar-refractivity contribution in [2.75, 3.05) is 74.3 Å². The molecule has 4 aromatic rings. The van der Waals surface area contributed by atoms with E-state index in [-0.39, 0.29) is 13.3 Å². The molecule has 218 valence electrons. The number of fused-ring (bicyclic) bond motifs is 3. The van der Waals surface area contributed by atoms with Crippen LogP contribution in [0.2, 0.25) is 0 Å². The molecule has 2 aromatic heterocycles. The smallest absolute Gasteiger partial charge is 0.138 e. The summed E-state index contributed by atoms with van der Waals surface area (Å²) in [5.74, 6) is 1.33. The van der Waals surface area contributed by atoms with Crippen molar-refractivity contribution >= 4 is 44.8 Å². The molecule has 0 unspecified atom stereocenters. The Kier molecular flexibility index (Phi) is 4.44. The maximum absolute atomic E-state index is 7.94. The molecule has 8 rings (SSSR count). The molecular formula is C33H36N10. The average molecular weight is 579 g/mol. The van der Waals surface area contributed by atoms with Crippen molar-refractivity contribution in [1.82, 2.24) is 29.2 Å². The van der Waals surface area contributed by atoms with Crippen LogP contribution in [0.25, 0.3) is 27.5 Å². The molecule has 2 aromatic carbocycles. The maximum atomic E-state index is 7.94. The van der Waals surface area contributed by atoms with Gasteiger partial charge in [-0.05, 0) is 24.3 Å². The zero-order valence-electron chi connectivity index (χ0n) is 30.0. The highest BCUT2D eigenvalue weighted by molar-refractivity contribution is 6.11. The molecule has 10 nitrogen and oxygen atoms in total. The fraction of sp³-hybridized carbons (Fsp3) is 0.242. The fourth-order valence-corrected chi connectivity index (χ4v) is 6.07. The molecule has 10 heteroatoms. The van der Waals surface area contributed by atoms with E-state index in [1.54, 1.807) is 24.8 Å². The molecule has 43 heavy (non-hydrogen) atoms. The van der Waals surface area contributed by atoms with Crippen LogP contribution in [0.4, 0.5) is 23.0 Å². The number of rotatable bonds is 5. The lowest BCUT2D eigenvalue weighted by Gasteiger charge is -2.23. The second-order valence-corrected chi connectivity index (χ2v) is 11.4. The average Bonchev–Trinajstić information content (AvgIpc) is 3.89. The summed E-state index contributed by atoms with van der Waals surface area (Å²) in [6.07, 6.45) is 14.8. The Bertz CT molecular complexity index is 2060. The van der Waals surface area contributed by atoms with Crippen molar-refractivity contribution in [2.45, 2.75) is 0 Å². The molecule has 0 aliphatic carbocycles. The lowest BCUT2D eigenvalue weighted by Crippen LogP contribution is -2.25. The van der Waals surface area contributed by atoms with Gasteiger partial charge in [-0.3, -0.25) is 0 Å². The van der Waals surface area contributed by atoms with Crippen LogP contribution < -0.4 is 19.6 Å². The number of hydrogen-bond donors (Lipinski definition) is 0. The van der Waals surface area contributed by atoms with Gasteiger partial charge in [0.05, 0.1) is 43.4 Å². The van der Waals surface area contributed by atoms with Crippen molar-refractivity contribution in [3.63, 3.8) is 0 Å². The van der Waals surface area contributed by atoms with Gasteiger partial charge < -0.3 is 43.8 Å². The van der Waals surface area contributed by atoms with Crippen LogP contribution in [-0.2, 0) is 0 Å². The standard InChI is InChI=1S/C33H36N10/c1-35-9-13-39(21-35)25-5-7-28-29-8-6-26(40-14-10-36(2)22-40)18-31(29)43(30(28)17-25)27-19-32(41-15-11-37(3)23-41)34-33(20-27)42-16-12-38(4)24-42/h5-20H,21-24H2,1-4H3/i1D3,3D3. The van der Waals surface area contributed by atoms with Gasteiger partial charge in [0.25, 0.3) is 0 Å². The van der Waals surface area contributed by atoms with Gasteiger partial charge in [0.15, 0.2) is 0 Å². The van der Waals surface area contributed by atoms with Crippen LogP contribution in [0.5, 0.6) is 0 Å². The Labute approximate surface area is 260 Å². The van der Waals surface area contributed by atoms with Gasteiger partial charge in [-0.15, -0.1) is 0 Å². The summed E-state index contributed by atoms with van der Waals surface area (Å²) >= 11 is 0. The number of pyridine rings is 1. The topological polar surface area (TPSA) is 43.7 Å². The molecule has 4 aliphatic heterocycles. The van der Waals surface area contributed by atoms with E-state index in [2.05, 4.69) is 66.8 Å². The van der Waals surface area contributed by atoms with Crippen molar-refractivity contribution in [3.05, 3.63) is 98.1 Å². The van der Waals surface area contributed by atoms with E-state index < -0.39 is 14.0 Å². The summed E-state index contributed by atoms with van der Waals surface area (Å²) < 4.78 is 49.7. The van der Waals surface area contributed by atoms with Crippen LogP contribution in [0, 0.1) is 0 Å². The first-order valence-corrected chi connectivity index (χ1v) is 14.2. The highest BCUT2D eigenvalue weighted by Gasteiger charge is 2.23. The molecule has 0 bridgehead atoms. The molecule has 6 heterocycles. The summed E-state index contributed by atoms with van der Waals surface area (Å²) in [6.45, 7) is -2.81. The minimum absolute atomic E-state index is 0.139. The van der Waals surface area contributed by atoms with Crippen molar-refractivity contribution in [2.24, 2.45) is 0 Å². The summed E-state index contributed by atoms with van der Waals surface area (Å²) in [5.41, 5.74) is 4.69. The Balaban J connectivity index is 1.31. The first kappa shape index (κ1) is 19.8. The van der Waals surface area contributed by atoms with E-state index in [4.69, 9.17) is 13.2 Å². The predicted octanol–water partition coefficient (Wildman–Crippen LogP) is 4.90. The van der Waals surface area contributed by atoms with Crippen LogP contribution >= 0.6 is 0 Å². The Morgan fingerprint density at radius 3 is 1.40 bits per heavy atom. The van der Waals surface area contributed by atoms with Crippen molar-refractivity contribution in [1.29, 1.82) is 0 Å². The summed E-state index contributed by atoms with van der Waals surface area (Å²) in [4.78, 5) is 19.9. The lowest BCUT2D eigenvalue weighted by molar-refractivity contribution is 0.492. The predicted molar refractivity (Wildman–Crippen MR) is 176 cm³/mol. The quantitative estimate of drug-likeness (QED) is 0.329. The zero-order valence-corrected chi connectivity index (χ0v) is 24.0. The molecule has 0 radical (unpaired) electrons. The molecule has 0 saturated heterocycles. The minimum Gasteiger partial charge on any atom is -0.361 e. The molecule has 0 spiro atoms. The maximum Gasteiger partial charge on any atom is 0.138 e. The molecule has 0 amide bonds. The van der Waals surface area contributed by atoms with Gasteiger partial charge in [-0.1, -0.05) is 12.1 Å². The van der Waals surface area contributed by atoms with Gasteiger partial charge in [0, 0.05) is 120 Å². The first-order valence-electron chi connectivity index (χ1n) is 17.2. The van der Waals surface area contributed by atoms with Crippen LogP contribution in [0.15, 0.2) is 98.1 Å². The van der Waals surface area contributed by atoms with E-state index in [1.807, 2.05) is 54.6 Å². The SMILES string of the molecule is [2H]C([2H])([2H])N1C=CN(c2ccc3c4ccc(N5C=CN(C)C5)cc4n(-c4cc(N5C=CN(C)C5)nc(N5C=CN(C([2H])([2H])[2H])C5)c4)c3c2)C1. The van der Waals surface area contributed by atoms with E-state index in [0.29, 0.717) is 12.5 Å². The van der Waals surface area contributed by atoms with Crippen LogP contribution in [-0.4, -0.2) is 83.9 Å². The molecule has 0 atom stereocenters. The third-order valence-electron chi connectivity index (χ3n) is 8.24. The second kappa shape index (κ2) is 9.65. The third kappa shape index (κ3) is 4.37. The minimum atomic E-state index is -2.27. The highest BCUT2D eigenvalue weighted by Crippen LogP contribution is 2.39. The number of benzene rings is 2. The second-order valence-electron chi connectivity index (χ2n) is 11.4. The Hall–Kier alpha value is -5.25. The van der Waals surface area contributed by atoms with Crippen molar-refractivity contribution in [3.8, 4) is 5.69 Å². The Morgan fingerprint density at radius 2 is 0.953 bits per heavy atom. The normalized spacial score (nSPS) is 20.7. The molecule has 0 saturated carbocycles. The van der Waals surface area contributed by atoms with Gasteiger partial charge in [-0.2, -0.15) is 0 Å². The largest absolute Gasteiger partial charge is 0.361 e. The van der Waals surface area contributed by atoms with Gasteiger partial charge in [0.2, 0.25) is 0 Å².